The Morgan fingerprint density at radius 2 is 1.83 bits per heavy atom. The third kappa shape index (κ3) is 4.93. The summed E-state index contributed by atoms with van der Waals surface area (Å²) in [4.78, 5) is 31.7. The molecule has 5 heterocycles. The number of aliphatic hydroxyl groups excluding tert-OH is 1. The molecule has 7 rings (SSSR count). The number of piperazine rings is 1. The number of hydrogen-bond acceptors (Lipinski definition) is 10. The summed E-state index contributed by atoms with van der Waals surface area (Å²) in [5, 5.41) is 14.8. The first-order valence-electron chi connectivity index (χ1n) is 15.7. The second kappa shape index (κ2) is 11.1. The minimum absolute atomic E-state index is 0.113. The van der Waals surface area contributed by atoms with Crippen molar-refractivity contribution in [3.63, 3.8) is 0 Å². The lowest BCUT2D eigenvalue weighted by Gasteiger charge is -2.49. The number of nitrogens with zero attached hydrogens (tertiary/aromatic N) is 6. The van der Waals surface area contributed by atoms with Crippen LogP contribution < -0.4 is 19.9 Å². The average molecular weight is 574 g/mol. The first-order chi connectivity index (χ1) is 20.4. The summed E-state index contributed by atoms with van der Waals surface area (Å²) in [5.41, 5.74) is 4.02. The molecule has 2 aromatic rings. The molecule has 1 saturated carbocycles. The number of nitrogens with one attached hydrogen (secondary N) is 1. The maximum atomic E-state index is 12.5. The van der Waals surface area contributed by atoms with E-state index in [0.29, 0.717) is 36.0 Å². The van der Waals surface area contributed by atoms with Crippen molar-refractivity contribution in [2.75, 3.05) is 61.5 Å². The van der Waals surface area contributed by atoms with E-state index < -0.39 is 6.23 Å². The van der Waals surface area contributed by atoms with Gasteiger partial charge >= 0.3 is 0 Å². The Bertz CT molecular complexity index is 1380. The third-order valence-electron chi connectivity index (χ3n) is 10.1. The number of fused-ring (bicyclic) bond motifs is 4. The third-order valence-corrected chi connectivity index (χ3v) is 10.1. The van der Waals surface area contributed by atoms with E-state index in [0.717, 1.165) is 73.6 Å². The highest BCUT2D eigenvalue weighted by atomic mass is 16.5. The number of rotatable bonds is 5. The summed E-state index contributed by atoms with van der Waals surface area (Å²) < 4.78 is 6.25. The lowest BCUT2D eigenvalue weighted by Crippen LogP contribution is -2.60. The molecule has 1 unspecified atom stereocenters. The maximum Gasteiger partial charge on any atom is 0.229 e. The van der Waals surface area contributed by atoms with E-state index in [9.17, 15) is 9.90 Å². The number of carbonyl (C=O) groups is 1. The van der Waals surface area contributed by atoms with Gasteiger partial charge in [-0.3, -0.25) is 9.69 Å². The summed E-state index contributed by atoms with van der Waals surface area (Å²) in [6, 6.07) is 7.36. The number of hydrogen-bond donors (Lipinski definition) is 2. The van der Waals surface area contributed by atoms with Gasteiger partial charge in [0.1, 0.15) is 18.2 Å². The molecule has 224 valence electrons. The normalized spacial score (nSPS) is 25.6. The Labute approximate surface area is 248 Å². The molecule has 10 nitrogen and oxygen atoms in total. The molecule has 42 heavy (non-hydrogen) atoms. The van der Waals surface area contributed by atoms with Crippen LogP contribution in [-0.2, 0) is 4.79 Å². The van der Waals surface area contributed by atoms with Crippen LogP contribution in [0.5, 0.6) is 5.75 Å². The Hall–Kier alpha value is -3.21. The van der Waals surface area contributed by atoms with Gasteiger partial charge in [-0.15, -0.1) is 0 Å². The zero-order valence-corrected chi connectivity index (χ0v) is 25.1. The molecule has 1 aliphatic carbocycles. The van der Waals surface area contributed by atoms with E-state index in [4.69, 9.17) is 9.72 Å². The highest BCUT2D eigenvalue weighted by molar-refractivity contribution is 6.04. The van der Waals surface area contributed by atoms with Crippen LogP contribution in [0, 0.1) is 0 Å². The van der Waals surface area contributed by atoms with Gasteiger partial charge in [-0.25, -0.2) is 4.98 Å². The molecule has 3 fully saturated rings. The van der Waals surface area contributed by atoms with Crippen LogP contribution in [0.2, 0.25) is 0 Å². The number of allylic oxidation sites excluding steroid dienone is 1. The fourth-order valence-electron chi connectivity index (χ4n) is 7.78. The molecule has 0 spiro atoms. The summed E-state index contributed by atoms with van der Waals surface area (Å²) in [6.07, 6.45) is 7.47. The van der Waals surface area contributed by atoms with Crippen LogP contribution in [0.4, 0.5) is 23.1 Å². The van der Waals surface area contributed by atoms with Crippen LogP contribution in [-0.4, -0.2) is 101 Å². The van der Waals surface area contributed by atoms with Crippen molar-refractivity contribution in [3.05, 3.63) is 35.5 Å². The molecule has 0 bridgehead atoms. The van der Waals surface area contributed by atoms with Crippen molar-refractivity contribution in [1.29, 1.82) is 0 Å². The van der Waals surface area contributed by atoms with Gasteiger partial charge in [-0.05, 0) is 83.4 Å². The maximum absolute atomic E-state index is 12.5. The van der Waals surface area contributed by atoms with Gasteiger partial charge in [0.05, 0.1) is 11.7 Å². The predicted molar refractivity (Wildman–Crippen MR) is 164 cm³/mol. The molecule has 0 radical (unpaired) electrons. The van der Waals surface area contributed by atoms with Gasteiger partial charge in [0.2, 0.25) is 5.95 Å². The summed E-state index contributed by atoms with van der Waals surface area (Å²) >= 11 is 0. The summed E-state index contributed by atoms with van der Waals surface area (Å²) in [5.74, 6) is 1.98. The fourth-order valence-corrected chi connectivity index (χ4v) is 7.78. The quantitative estimate of drug-likeness (QED) is 0.552. The second-order valence-corrected chi connectivity index (χ2v) is 12.7. The zero-order chi connectivity index (χ0) is 29.0. The van der Waals surface area contributed by atoms with E-state index in [1.54, 1.807) is 6.20 Å². The second-order valence-electron chi connectivity index (χ2n) is 12.7. The van der Waals surface area contributed by atoms with Crippen molar-refractivity contribution in [2.45, 2.75) is 76.7 Å². The van der Waals surface area contributed by atoms with E-state index in [-0.39, 0.29) is 11.8 Å². The SMILES string of the molecule is CC(=O)C1=C(C)c2cnc(Nc3ccc4c(c3)N3CCN(C5CCN(C)CC5)C[C@H]3CO4)nc2N(C2CCCC2)C1O. The summed E-state index contributed by atoms with van der Waals surface area (Å²) in [7, 11) is 2.22. The van der Waals surface area contributed by atoms with Crippen molar-refractivity contribution in [3.8, 4) is 5.75 Å². The topological polar surface area (TPSA) is 97.3 Å². The van der Waals surface area contributed by atoms with Gasteiger partial charge in [0, 0.05) is 54.7 Å². The smallest absolute Gasteiger partial charge is 0.229 e. The van der Waals surface area contributed by atoms with E-state index in [2.05, 4.69) is 38.1 Å². The number of aliphatic hydroxyl groups is 1. The highest BCUT2D eigenvalue weighted by Crippen LogP contribution is 2.42. The molecule has 5 aliphatic rings. The number of aromatic nitrogens is 2. The highest BCUT2D eigenvalue weighted by Gasteiger charge is 2.39. The Morgan fingerprint density at radius 1 is 1.05 bits per heavy atom. The molecule has 10 heteroatoms. The first kappa shape index (κ1) is 27.6. The number of piperidine rings is 1. The Kier molecular flexibility index (Phi) is 7.32. The Morgan fingerprint density at radius 3 is 2.60 bits per heavy atom. The average Bonchev–Trinajstić information content (AvgIpc) is 3.51. The Balaban J connectivity index is 1.13. The number of ketones is 1. The molecule has 1 aromatic carbocycles. The monoisotopic (exact) mass is 573 g/mol. The first-order valence-corrected chi connectivity index (χ1v) is 15.7. The van der Waals surface area contributed by atoms with Crippen LogP contribution in [0.15, 0.2) is 30.0 Å². The van der Waals surface area contributed by atoms with E-state index >= 15 is 0 Å². The number of likely N-dealkylation sites (tertiary alicyclic amines) is 1. The van der Waals surface area contributed by atoms with Crippen LogP contribution in [0.3, 0.4) is 0 Å². The molecule has 2 saturated heterocycles. The summed E-state index contributed by atoms with van der Waals surface area (Å²) in [6.45, 7) is 9.58. The predicted octanol–water partition coefficient (Wildman–Crippen LogP) is 3.64. The van der Waals surface area contributed by atoms with E-state index in [1.165, 1.54) is 32.9 Å². The lowest BCUT2D eigenvalue weighted by molar-refractivity contribution is -0.114. The van der Waals surface area contributed by atoms with Crippen LogP contribution in [0.1, 0.15) is 57.9 Å². The van der Waals surface area contributed by atoms with E-state index in [1.807, 2.05) is 24.0 Å². The van der Waals surface area contributed by atoms with Crippen molar-refractivity contribution in [1.82, 2.24) is 19.8 Å². The number of Topliss-reactive ketones (excluding diaryl/α,β-unsaturated/α-hetero) is 1. The van der Waals surface area contributed by atoms with Crippen molar-refractivity contribution >= 4 is 34.5 Å². The van der Waals surface area contributed by atoms with Gasteiger partial charge in [-0.2, -0.15) is 4.98 Å². The molecule has 2 N–H and O–H groups in total. The molecule has 2 atom stereocenters. The van der Waals surface area contributed by atoms with Gasteiger partial charge in [0.25, 0.3) is 0 Å². The fraction of sp³-hybridized carbons (Fsp3) is 0.594. The molecule has 1 aromatic heterocycles. The van der Waals surface area contributed by atoms with Crippen LogP contribution in [0.25, 0.3) is 5.57 Å². The minimum Gasteiger partial charge on any atom is -0.489 e. The molecule has 4 aliphatic heterocycles. The van der Waals surface area contributed by atoms with Gasteiger partial charge in [0.15, 0.2) is 12.0 Å². The largest absolute Gasteiger partial charge is 0.489 e. The zero-order valence-electron chi connectivity index (χ0n) is 25.1. The van der Waals surface area contributed by atoms with Crippen molar-refractivity contribution < 1.29 is 14.6 Å². The standard InChI is InChI=1S/C32H43N7O3/c1-20-26-17-33-32(35-30(26)39(24-6-4-5-7-24)31(41)29(20)21(2)40)34-22-8-9-28-27(16-22)38-15-14-37(18-25(38)19-42-28)23-10-12-36(3)13-11-23/h8-9,16-17,23-25,31,41H,4-7,10-15,18-19H2,1-3H3,(H,33,34,35)/t25-,31?/m0/s1. The molecular weight excluding hydrogens is 530 g/mol. The number of carbonyl (C=O) groups excluding carboxylic acids is 1. The number of benzene rings is 1. The molecule has 0 amide bonds. The van der Waals surface area contributed by atoms with Gasteiger partial charge in [-0.1, -0.05) is 12.8 Å². The van der Waals surface area contributed by atoms with Crippen molar-refractivity contribution in [2.24, 2.45) is 0 Å². The minimum atomic E-state index is -0.994. The van der Waals surface area contributed by atoms with Gasteiger partial charge < -0.3 is 29.9 Å². The number of ether oxygens (including phenoxy) is 1. The molecular formula is C32H43N7O3. The van der Waals surface area contributed by atoms with Crippen LogP contribution >= 0.6 is 0 Å². The number of anilines is 4. The lowest BCUT2D eigenvalue weighted by atomic mass is 9.93.